The normalized spacial score (nSPS) is 16.9. The van der Waals surface area contributed by atoms with Gasteiger partial charge in [0.15, 0.2) is 0 Å². The smallest absolute Gasteiger partial charge is 0.318 e. The largest absolute Gasteiger partial charge is 0.408 e. The molecule has 1 aliphatic heterocycles. The summed E-state index contributed by atoms with van der Waals surface area (Å²) in [4.78, 5) is 2.25. The Hall–Kier alpha value is -1.93. The van der Waals surface area contributed by atoms with E-state index in [1.165, 1.54) is 4.31 Å². The molecule has 2 heterocycles. The first kappa shape index (κ1) is 15.0. The monoisotopic (exact) mass is 322 g/mol. The van der Waals surface area contributed by atoms with Gasteiger partial charge in [-0.2, -0.15) is 4.31 Å². The number of sulfonamides is 1. The van der Waals surface area contributed by atoms with Crippen LogP contribution in [0.15, 0.2) is 39.6 Å². The van der Waals surface area contributed by atoms with Crippen molar-refractivity contribution in [2.45, 2.75) is 18.2 Å². The van der Waals surface area contributed by atoms with Gasteiger partial charge in [-0.3, -0.25) is 0 Å². The van der Waals surface area contributed by atoms with Crippen LogP contribution in [-0.4, -0.2) is 49.1 Å². The first-order chi connectivity index (χ1) is 10.6. The minimum Gasteiger partial charge on any atom is -0.408 e. The molecule has 1 aliphatic rings. The summed E-state index contributed by atoms with van der Waals surface area (Å²) in [5.74, 6) is 0.592. The zero-order chi connectivity index (χ0) is 15.6. The number of piperazine rings is 1. The second-order valence-electron chi connectivity index (χ2n) is 5.04. The van der Waals surface area contributed by atoms with Crippen molar-refractivity contribution < 1.29 is 12.8 Å². The van der Waals surface area contributed by atoms with Gasteiger partial charge in [-0.05, 0) is 12.1 Å². The van der Waals surface area contributed by atoms with E-state index in [0.717, 1.165) is 0 Å². The predicted octanol–water partition coefficient (Wildman–Crippen LogP) is 1.14. The third-order valence-electron chi connectivity index (χ3n) is 3.65. The Balaban J connectivity index is 1.69. The summed E-state index contributed by atoms with van der Waals surface area (Å²) in [6, 6.07) is 8.97. The molecule has 0 unspecified atom stereocenters. The Bertz CT molecular complexity index is 722. The quantitative estimate of drug-likeness (QED) is 0.840. The van der Waals surface area contributed by atoms with Crippen molar-refractivity contribution in [3.05, 3.63) is 36.2 Å². The van der Waals surface area contributed by atoms with Gasteiger partial charge in [0, 0.05) is 32.6 Å². The van der Waals surface area contributed by atoms with Gasteiger partial charge in [0.2, 0.25) is 15.9 Å². The molecule has 0 aliphatic carbocycles. The fraction of sp³-hybridized carbons (Fsp3) is 0.429. The lowest BCUT2D eigenvalue weighted by Gasteiger charge is -2.32. The van der Waals surface area contributed by atoms with E-state index in [1.807, 2.05) is 11.8 Å². The number of hydrogen-bond donors (Lipinski definition) is 0. The van der Waals surface area contributed by atoms with Crippen LogP contribution < -0.4 is 4.90 Å². The molecular formula is C14H18N4O3S. The molecular weight excluding hydrogens is 304 g/mol. The lowest BCUT2D eigenvalue weighted by atomic mass is 10.4. The fourth-order valence-electron chi connectivity index (χ4n) is 2.38. The molecule has 8 heteroatoms. The van der Waals surface area contributed by atoms with Gasteiger partial charge in [0.05, 0.1) is 4.90 Å². The van der Waals surface area contributed by atoms with Crippen molar-refractivity contribution in [2.75, 3.05) is 31.1 Å². The second-order valence-corrected chi connectivity index (χ2v) is 6.97. The lowest BCUT2D eigenvalue weighted by molar-refractivity contribution is 0.369. The highest BCUT2D eigenvalue weighted by Crippen LogP contribution is 2.20. The fourth-order valence-corrected chi connectivity index (χ4v) is 3.82. The Morgan fingerprint density at radius 2 is 1.77 bits per heavy atom. The second kappa shape index (κ2) is 6.05. The van der Waals surface area contributed by atoms with E-state index in [4.69, 9.17) is 4.42 Å². The molecule has 7 nitrogen and oxygen atoms in total. The highest BCUT2D eigenvalue weighted by atomic mass is 32.2. The van der Waals surface area contributed by atoms with Crippen molar-refractivity contribution >= 4 is 16.0 Å². The standard InChI is InChI=1S/C14H18N4O3S/c1-2-13-15-16-14(21-13)17-8-10-18(11-9-17)22(19,20)12-6-4-3-5-7-12/h3-7H,2,8-11H2,1H3. The average Bonchev–Trinajstić information content (AvgIpc) is 3.05. The van der Waals surface area contributed by atoms with Crippen molar-refractivity contribution in [1.82, 2.24) is 14.5 Å². The summed E-state index contributed by atoms with van der Waals surface area (Å²) in [6.45, 7) is 3.83. The third kappa shape index (κ3) is 2.84. The number of aromatic nitrogens is 2. The molecule has 0 N–H and O–H groups in total. The van der Waals surface area contributed by atoms with Crippen LogP contribution in [0.3, 0.4) is 0 Å². The van der Waals surface area contributed by atoms with Crippen LogP contribution in [0.1, 0.15) is 12.8 Å². The van der Waals surface area contributed by atoms with Gasteiger partial charge < -0.3 is 9.32 Å². The molecule has 1 aromatic carbocycles. The Morgan fingerprint density at radius 3 is 2.36 bits per heavy atom. The highest BCUT2D eigenvalue weighted by Gasteiger charge is 2.29. The van der Waals surface area contributed by atoms with E-state index in [2.05, 4.69) is 10.2 Å². The van der Waals surface area contributed by atoms with Crippen LogP contribution in [-0.2, 0) is 16.4 Å². The molecule has 0 radical (unpaired) electrons. The molecule has 2 aromatic rings. The predicted molar refractivity (Wildman–Crippen MR) is 81.1 cm³/mol. The zero-order valence-corrected chi connectivity index (χ0v) is 13.2. The lowest BCUT2D eigenvalue weighted by Crippen LogP contribution is -2.48. The first-order valence-electron chi connectivity index (χ1n) is 7.24. The maximum Gasteiger partial charge on any atom is 0.318 e. The van der Waals surface area contributed by atoms with Crippen molar-refractivity contribution in [3.8, 4) is 0 Å². The summed E-state index contributed by atoms with van der Waals surface area (Å²) in [5.41, 5.74) is 0. The van der Waals surface area contributed by atoms with Crippen LogP contribution in [0, 0.1) is 0 Å². The van der Waals surface area contributed by atoms with Gasteiger partial charge in [-0.1, -0.05) is 30.2 Å². The summed E-state index contributed by atoms with van der Waals surface area (Å²) in [6.07, 6.45) is 0.690. The SMILES string of the molecule is CCc1nnc(N2CCN(S(=O)(=O)c3ccccc3)CC2)o1. The maximum atomic E-state index is 12.5. The summed E-state index contributed by atoms with van der Waals surface area (Å²) in [5, 5.41) is 7.93. The van der Waals surface area contributed by atoms with Gasteiger partial charge in [-0.15, -0.1) is 5.10 Å². The molecule has 0 saturated carbocycles. The molecule has 1 saturated heterocycles. The molecule has 3 rings (SSSR count). The van der Waals surface area contributed by atoms with Gasteiger partial charge >= 0.3 is 6.01 Å². The maximum absolute atomic E-state index is 12.5. The van der Waals surface area contributed by atoms with Crippen LogP contribution in [0.25, 0.3) is 0 Å². The summed E-state index contributed by atoms with van der Waals surface area (Å²) >= 11 is 0. The van der Waals surface area contributed by atoms with E-state index < -0.39 is 10.0 Å². The van der Waals surface area contributed by atoms with E-state index in [-0.39, 0.29) is 0 Å². The molecule has 22 heavy (non-hydrogen) atoms. The van der Waals surface area contributed by atoms with Crippen LogP contribution in [0.2, 0.25) is 0 Å². The Morgan fingerprint density at radius 1 is 1.09 bits per heavy atom. The van der Waals surface area contributed by atoms with E-state index in [0.29, 0.717) is 49.4 Å². The van der Waals surface area contributed by atoms with Crippen LogP contribution in [0.5, 0.6) is 0 Å². The molecule has 0 atom stereocenters. The molecule has 1 aromatic heterocycles. The first-order valence-corrected chi connectivity index (χ1v) is 8.68. The molecule has 0 amide bonds. The van der Waals surface area contributed by atoms with Crippen molar-refractivity contribution in [3.63, 3.8) is 0 Å². The zero-order valence-electron chi connectivity index (χ0n) is 12.3. The van der Waals surface area contributed by atoms with Gasteiger partial charge in [-0.25, -0.2) is 8.42 Å². The van der Waals surface area contributed by atoms with E-state index in [1.54, 1.807) is 30.3 Å². The minimum atomic E-state index is -3.43. The molecule has 0 spiro atoms. The molecule has 118 valence electrons. The third-order valence-corrected chi connectivity index (χ3v) is 5.56. The Kier molecular flexibility index (Phi) is 4.12. The molecule has 1 fully saturated rings. The number of benzene rings is 1. The molecule has 0 bridgehead atoms. The van der Waals surface area contributed by atoms with Crippen molar-refractivity contribution in [1.29, 1.82) is 0 Å². The van der Waals surface area contributed by atoms with E-state index >= 15 is 0 Å². The van der Waals surface area contributed by atoms with Gasteiger partial charge in [0.25, 0.3) is 0 Å². The van der Waals surface area contributed by atoms with Crippen LogP contribution in [0.4, 0.5) is 6.01 Å². The van der Waals surface area contributed by atoms with Crippen molar-refractivity contribution in [2.24, 2.45) is 0 Å². The Labute approximate surface area is 129 Å². The van der Waals surface area contributed by atoms with Gasteiger partial charge in [0.1, 0.15) is 0 Å². The number of rotatable bonds is 4. The average molecular weight is 322 g/mol. The summed E-state index contributed by atoms with van der Waals surface area (Å²) in [7, 11) is -3.43. The number of nitrogens with zero attached hydrogens (tertiary/aromatic N) is 4. The summed E-state index contributed by atoms with van der Waals surface area (Å²) < 4.78 is 32.1. The number of anilines is 1. The topological polar surface area (TPSA) is 79.5 Å². The number of hydrogen-bond acceptors (Lipinski definition) is 6. The highest BCUT2D eigenvalue weighted by molar-refractivity contribution is 7.89. The van der Waals surface area contributed by atoms with E-state index in [9.17, 15) is 8.42 Å². The van der Waals surface area contributed by atoms with Crippen LogP contribution >= 0.6 is 0 Å². The number of aryl methyl sites for hydroxylation is 1. The minimum absolute atomic E-state index is 0.328.